The van der Waals surface area contributed by atoms with Crippen molar-refractivity contribution in [2.75, 3.05) is 0 Å². The molecule has 0 saturated carbocycles. The number of ether oxygens (including phenoxy) is 1. The third kappa shape index (κ3) is 3.50. The number of hydrogen-bond donors (Lipinski definition) is 1. The van der Waals surface area contributed by atoms with Crippen LogP contribution in [0.5, 0.6) is 11.5 Å². The lowest BCUT2D eigenvalue weighted by atomic mass is 10.1. The molecule has 1 atom stereocenters. The summed E-state index contributed by atoms with van der Waals surface area (Å²) >= 11 is 9.65. The van der Waals surface area contributed by atoms with Crippen molar-refractivity contribution >= 4 is 27.5 Å². The SMILES string of the molecule is Cc1ccc(Br)cc1Oc1ccc([C@@H](C)N)cc1Cl. The third-order valence-electron chi connectivity index (χ3n) is 2.85. The summed E-state index contributed by atoms with van der Waals surface area (Å²) in [5.74, 6) is 1.41. The molecule has 0 heterocycles. The first-order chi connectivity index (χ1) is 8.97. The van der Waals surface area contributed by atoms with Gasteiger partial charge in [0.1, 0.15) is 11.5 Å². The maximum absolute atomic E-state index is 6.22. The van der Waals surface area contributed by atoms with Gasteiger partial charge >= 0.3 is 0 Å². The van der Waals surface area contributed by atoms with Crippen LogP contribution in [-0.4, -0.2) is 0 Å². The molecule has 2 rings (SSSR count). The van der Waals surface area contributed by atoms with E-state index in [9.17, 15) is 0 Å². The normalized spacial score (nSPS) is 12.3. The number of nitrogens with two attached hydrogens (primary N) is 1. The maximum atomic E-state index is 6.22. The molecule has 0 unspecified atom stereocenters. The fraction of sp³-hybridized carbons (Fsp3) is 0.200. The summed E-state index contributed by atoms with van der Waals surface area (Å²) in [5, 5.41) is 0.564. The smallest absolute Gasteiger partial charge is 0.146 e. The molecule has 0 fully saturated rings. The predicted molar refractivity (Wildman–Crippen MR) is 83.0 cm³/mol. The Labute approximate surface area is 126 Å². The van der Waals surface area contributed by atoms with Gasteiger partial charge in [0.05, 0.1) is 5.02 Å². The van der Waals surface area contributed by atoms with Crippen LogP contribution in [0.1, 0.15) is 24.1 Å². The zero-order chi connectivity index (χ0) is 14.0. The zero-order valence-electron chi connectivity index (χ0n) is 10.8. The van der Waals surface area contributed by atoms with Crippen molar-refractivity contribution in [1.29, 1.82) is 0 Å². The fourth-order valence-electron chi connectivity index (χ4n) is 1.69. The number of rotatable bonds is 3. The van der Waals surface area contributed by atoms with Crippen LogP contribution in [0.3, 0.4) is 0 Å². The highest BCUT2D eigenvalue weighted by atomic mass is 79.9. The van der Waals surface area contributed by atoms with Crippen molar-refractivity contribution in [3.63, 3.8) is 0 Å². The average Bonchev–Trinajstić information content (AvgIpc) is 2.36. The molecule has 2 aromatic carbocycles. The highest BCUT2D eigenvalue weighted by molar-refractivity contribution is 9.10. The molecule has 0 bridgehead atoms. The minimum Gasteiger partial charge on any atom is -0.455 e. The highest BCUT2D eigenvalue weighted by Gasteiger charge is 2.08. The van der Waals surface area contributed by atoms with E-state index < -0.39 is 0 Å². The Morgan fingerprint density at radius 2 is 1.89 bits per heavy atom. The first kappa shape index (κ1) is 14.4. The Hall–Kier alpha value is -1.03. The Morgan fingerprint density at radius 3 is 2.53 bits per heavy atom. The molecule has 0 aliphatic rings. The minimum absolute atomic E-state index is 0.0424. The van der Waals surface area contributed by atoms with Crippen molar-refractivity contribution in [2.24, 2.45) is 5.73 Å². The van der Waals surface area contributed by atoms with E-state index in [4.69, 9.17) is 22.1 Å². The summed E-state index contributed by atoms with van der Waals surface area (Å²) < 4.78 is 6.82. The van der Waals surface area contributed by atoms with E-state index in [1.165, 1.54) is 0 Å². The van der Waals surface area contributed by atoms with Gasteiger partial charge in [-0.2, -0.15) is 0 Å². The second-order valence-electron chi connectivity index (χ2n) is 4.49. The van der Waals surface area contributed by atoms with E-state index in [2.05, 4.69) is 15.9 Å². The maximum Gasteiger partial charge on any atom is 0.146 e. The van der Waals surface area contributed by atoms with Crippen LogP contribution in [0.4, 0.5) is 0 Å². The van der Waals surface area contributed by atoms with Gasteiger partial charge in [0.15, 0.2) is 0 Å². The van der Waals surface area contributed by atoms with Crippen LogP contribution >= 0.6 is 27.5 Å². The average molecular weight is 341 g/mol. The van der Waals surface area contributed by atoms with Crippen LogP contribution in [-0.2, 0) is 0 Å². The van der Waals surface area contributed by atoms with Crippen LogP contribution < -0.4 is 10.5 Å². The van der Waals surface area contributed by atoms with E-state index in [1.54, 1.807) is 0 Å². The molecular weight excluding hydrogens is 326 g/mol. The highest BCUT2D eigenvalue weighted by Crippen LogP contribution is 2.33. The topological polar surface area (TPSA) is 35.2 Å². The van der Waals surface area contributed by atoms with Gasteiger partial charge in [-0.3, -0.25) is 0 Å². The molecule has 4 heteroatoms. The molecule has 2 nitrogen and oxygen atoms in total. The monoisotopic (exact) mass is 339 g/mol. The number of halogens is 2. The standard InChI is InChI=1S/C15H15BrClNO/c1-9-3-5-12(16)8-15(9)19-14-6-4-11(10(2)18)7-13(14)17/h3-8,10H,18H2,1-2H3/t10-/m1/s1. The summed E-state index contributed by atoms with van der Waals surface area (Å²) in [6, 6.07) is 11.5. The molecule has 0 radical (unpaired) electrons. The molecule has 19 heavy (non-hydrogen) atoms. The number of hydrogen-bond acceptors (Lipinski definition) is 2. The number of benzene rings is 2. The van der Waals surface area contributed by atoms with Gasteiger partial charge in [0.25, 0.3) is 0 Å². The summed E-state index contributed by atoms with van der Waals surface area (Å²) in [7, 11) is 0. The lowest BCUT2D eigenvalue weighted by molar-refractivity contribution is 0.478. The van der Waals surface area contributed by atoms with E-state index in [0.717, 1.165) is 21.3 Å². The quantitative estimate of drug-likeness (QED) is 0.831. The lowest BCUT2D eigenvalue weighted by Gasteiger charge is -2.12. The van der Waals surface area contributed by atoms with Gasteiger partial charge in [0, 0.05) is 10.5 Å². The molecule has 0 saturated heterocycles. The van der Waals surface area contributed by atoms with Crippen LogP contribution in [0.2, 0.25) is 5.02 Å². The van der Waals surface area contributed by atoms with Crippen molar-refractivity contribution < 1.29 is 4.74 Å². The Bertz CT molecular complexity index is 599. The Morgan fingerprint density at radius 1 is 1.16 bits per heavy atom. The van der Waals surface area contributed by atoms with Gasteiger partial charge in [0.2, 0.25) is 0 Å². The van der Waals surface area contributed by atoms with E-state index in [1.807, 2.05) is 50.2 Å². The molecule has 0 amide bonds. The van der Waals surface area contributed by atoms with Gasteiger partial charge in [-0.05, 0) is 49.2 Å². The lowest BCUT2D eigenvalue weighted by Crippen LogP contribution is -2.04. The summed E-state index contributed by atoms with van der Waals surface area (Å²) in [6.07, 6.45) is 0. The fourth-order valence-corrected chi connectivity index (χ4v) is 2.25. The van der Waals surface area contributed by atoms with E-state index in [0.29, 0.717) is 10.8 Å². The minimum atomic E-state index is -0.0424. The summed E-state index contributed by atoms with van der Waals surface area (Å²) in [6.45, 7) is 3.91. The van der Waals surface area contributed by atoms with Crippen LogP contribution in [0.25, 0.3) is 0 Å². The van der Waals surface area contributed by atoms with Crippen molar-refractivity contribution in [3.05, 3.63) is 57.0 Å². The molecule has 2 N–H and O–H groups in total. The molecule has 0 spiro atoms. The van der Waals surface area contributed by atoms with Gasteiger partial charge in [-0.25, -0.2) is 0 Å². The van der Waals surface area contributed by atoms with E-state index in [-0.39, 0.29) is 6.04 Å². The predicted octanol–water partition coefficient (Wildman–Crippen LogP) is 5.22. The second-order valence-corrected chi connectivity index (χ2v) is 5.81. The Balaban J connectivity index is 2.31. The van der Waals surface area contributed by atoms with Gasteiger partial charge in [-0.1, -0.05) is 39.7 Å². The van der Waals surface area contributed by atoms with Crippen LogP contribution in [0, 0.1) is 6.92 Å². The summed E-state index contributed by atoms with van der Waals surface area (Å²) in [4.78, 5) is 0. The first-order valence-corrected chi connectivity index (χ1v) is 7.13. The molecule has 0 aliphatic heterocycles. The summed E-state index contributed by atoms with van der Waals surface area (Å²) in [5.41, 5.74) is 7.86. The molecule has 100 valence electrons. The van der Waals surface area contributed by atoms with Gasteiger partial charge < -0.3 is 10.5 Å². The largest absolute Gasteiger partial charge is 0.455 e. The molecule has 0 aliphatic carbocycles. The molecule has 0 aromatic heterocycles. The second kappa shape index (κ2) is 5.95. The van der Waals surface area contributed by atoms with Gasteiger partial charge in [-0.15, -0.1) is 0 Å². The van der Waals surface area contributed by atoms with Crippen molar-refractivity contribution in [2.45, 2.75) is 19.9 Å². The molecular formula is C15H15BrClNO. The number of aryl methyl sites for hydroxylation is 1. The zero-order valence-corrected chi connectivity index (χ0v) is 13.1. The molecule has 2 aromatic rings. The Kier molecular flexibility index (Phi) is 4.50. The van der Waals surface area contributed by atoms with Crippen LogP contribution in [0.15, 0.2) is 40.9 Å². The van der Waals surface area contributed by atoms with E-state index >= 15 is 0 Å². The van der Waals surface area contributed by atoms with Crippen molar-refractivity contribution in [3.8, 4) is 11.5 Å². The third-order valence-corrected chi connectivity index (χ3v) is 3.64. The first-order valence-electron chi connectivity index (χ1n) is 5.96. The van der Waals surface area contributed by atoms with Crippen molar-refractivity contribution in [1.82, 2.24) is 0 Å².